The van der Waals surface area contributed by atoms with Gasteiger partial charge >= 0.3 is 5.97 Å². The first-order valence-corrected chi connectivity index (χ1v) is 6.15. The monoisotopic (exact) mass is 289 g/mol. The summed E-state index contributed by atoms with van der Waals surface area (Å²) in [5, 5.41) is 32.2. The van der Waals surface area contributed by atoms with Crippen LogP contribution in [-0.4, -0.2) is 63.4 Å². The average molecular weight is 289 g/mol. The Kier molecular flexibility index (Phi) is 5.03. The number of aliphatic hydroxyl groups excluding tert-OH is 1. The maximum Gasteiger partial charge on any atom is 0.328 e. The maximum absolute atomic E-state index is 11.7. The minimum Gasteiger partial charge on any atom is -0.480 e. The highest BCUT2D eigenvalue weighted by molar-refractivity contribution is 5.91. The number of aliphatic carboxylic acids is 1. The Morgan fingerprint density at radius 1 is 1.55 bits per heavy atom. The van der Waals surface area contributed by atoms with Crippen LogP contribution < -0.4 is 16.4 Å². The number of hydrogen-bond donors (Lipinski definition) is 6. The molecular weight excluding hydrogens is 270 g/mol. The number of nitrogens with one attached hydrogen (secondary N) is 2. The summed E-state index contributed by atoms with van der Waals surface area (Å²) in [5.41, 5.74) is 4.06. The number of carboxylic acid groups (broad SMARTS) is 1. The molecule has 7 N–H and O–H groups in total. The molecule has 20 heavy (non-hydrogen) atoms. The molecule has 9 nitrogen and oxygen atoms in total. The van der Waals surface area contributed by atoms with Crippen molar-refractivity contribution in [1.82, 2.24) is 10.6 Å². The Morgan fingerprint density at radius 2 is 2.15 bits per heavy atom. The molecule has 0 aromatic heterocycles. The fourth-order valence-corrected chi connectivity index (χ4v) is 1.74. The fraction of sp³-hybridized carbons (Fsp3) is 0.727. The Bertz CT molecular complexity index is 413. The van der Waals surface area contributed by atoms with Crippen LogP contribution >= 0.6 is 0 Å². The van der Waals surface area contributed by atoms with Crippen molar-refractivity contribution in [3.8, 4) is 0 Å². The topological polar surface area (TPSA) is 162 Å². The molecule has 2 amide bonds. The zero-order valence-electron chi connectivity index (χ0n) is 11.0. The normalized spacial score (nSPS) is 25.9. The minimum atomic E-state index is -1.51. The van der Waals surface area contributed by atoms with E-state index in [-0.39, 0.29) is 19.4 Å². The van der Waals surface area contributed by atoms with E-state index in [1.165, 1.54) is 6.92 Å². The van der Waals surface area contributed by atoms with E-state index in [0.29, 0.717) is 0 Å². The van der Waals surface area contributed by atoms with Gasteiger partial charge in [0, 0.05) is 0 Å². The van der Waals surface area contributed by atoms with E-state index in [9.17, 15) is 24.6 Å². The van der Waals surface area contributed by atoms with Crippen LogP contribution in [-0.2, 0) is 14.4 Å². The Hall–Kier alpha value is -1.71. The van der Waals surface area contributed by atoms with Crippen molar-refractivity contribution in [3.63, 3.8) is 0 Å². The van der Waals surface area contributed by atoms with E-state index < -0.39 is 41.6 Å². The van der Waals surface area contributed by atoms with Crippen LogP contribution in [0, 0.1) is 0 Å². The van der Waals surface area contributed by atoms with Crippen molar-refractivity contribution in [2.75, 3.05) is 6.54 Å². The highest BCUT2D eigenvalue weighted by Crippen LogP contribution is 2.19. The van der Waals surface area contributed by atoms with Gasteiger partial charge in [-0.05, 0) is 19.8 Å². The lowest BCUT2D eigenvalue weighted by Crippen LogP contribution is -2.65. The highest BCUT2D eigenvalue weighted by Gasteiger charge is 2.44. The third kappa shape index (κ3) is 3.65. The van der Waals surface area contributed by atoms with E-state index in [4.69, 9.17) is 10.8 Å². The van der Waals surface area contributed by atoms with Crippen LogP contribution in [0.25, 0.3) is 0 Å². The summed E-state index contributed by atoms with van der Waals surface area (Å²) >= 11 is 0. The van der Waals surface area contributed by atoms with Crippen LogP contribution in [0.5, 0.6) is 0 Å². The van der Waals surface area contributed by atoms with Crippen molar-refractivity contribution in [3.05, 3.63) is 0 Å². The molecule has 3 unspecified atom stereocenters. The van der Waals surface area contributed by atoms with Gasteiger partial charge in [-0.3, -0.25) is 9.59 Å². The number of nitrogens with two attached hydrogens (primary N) is 1. The van der Waals surface area contributed by atoms with E-state index in [1.807, 2.05) is 0 Å². The van der Waals surface area contributed by atoms with Crippen molar-refractivity contribution < 1.29 is 29.7 Å². The molecule has 1 fully saturated rings. The van der Waals surface area contributed by atoms with Gasteiger partial charge in [0.05, 0.1) is 18.7 Å². The lowest BCUT2D eigenvalue weighted by Gasteiger charge is -2.36. The molecule has 0 aromatic carbocycles. The van der Waals surface area contributed by atoms with Crippen LogP contribution in [0.4, 0.5) is 0 Å². The van der Waals surface area contributed by atoms with Crippen LogP contribution in [0.15, 0.2) is 0 Å². The molecule has 1 aliphatic rings. The molecule has 9 heteroatoms. The second-order valence-corrected chi connectivity index (χ2v) is 4.92. The Labute approximate surface area is 115 Å². The molecule has 114 valence electrons. The molecular formula is C11H19N3O6. The summed E-state index contributed by atoms with van der Waals surface area (Å²) in [7, 11) is 0. The standard InChI is InChI=1S/C11H19N3O6/c1-5(15)7(9(17)18)14-8(16)6(12)2-3-11(20)4-13-10(11)19/h5-7,15,20H,2-4,12H2,1H3,(H,13,19)(H,14,16)(H,17,18)/t5?,6?,7-,11?/m0/s1. The molecule has 0 radical (unpaired) electrons. The number of carboxylic acids is 1. The number of β-amino-alcohol motifs (C(OH)–C–C–N with tert-alkyl or cyclic N) is 1. The molecule has 0 bridgehead atoms. The molecule has 0 aromatic rings. The lowest BCUT2D eigenvalue weighted by atomic mass is 9.88. The summed E-state index contributed by atoms with van der Waals surface area (Å²) in [6.45, 7) is 1.33. The van der Waals surface area contributed by atoms with Crippen molar-refractivity contribution in [2.45, 2.75) is 43.6 Å². The third-order valence-corrected chi connectivity index (χ3v) is 3.22. The van der Waals surface area contributed by atoms with Gasteiger partial charge in [0.1, 0.15) is 0 Å². The second kappa shape index (κ2) is 6.16. The molecule has 1 aliphatic heterocycles. The van der Waals surface area contributed by atoms with E-state index in [1.54, 1.807) is 0 Å². The zero-order chi connectivity index (χ0) is 15.5. The van der Waals surface area contributed by atoms with E-state index >= 15 is 0 Å². The van der Waals surface area contributed by atoms with Gasteiger partial charge in [-0.25, -0.2) is 4.79 Å². The summed E-state index contributed by atoms with van der Waals surface area (Å²) in [5.74, 6) is -2.66. The summed E-state index contributed by atoms with van der Waals surface area (Å²) in [6, 6.07) is -2.53. The summed E-state index contributed by atoms with van der Waals surface area (Å²) < 4.78 is 0. The molecule has 0 aliphatic carbocycles. The quantitative estimate of drug-likeness (QED) is 0.270. The first kappa shape index (κ1) is 16.3. The number of hydrogen-bond acceptors (Lipinski definition) is 6. The molecule has 0 saturated carbocycles. The molecule has 0 spiro atoms. The predicted molar refractivity (Wildman–Crippen MR) is 66.4 cm³/mol. The number of carbonyl (C=O) groups is 3. The second-order valence-electron chi connectivity index (χ2n) is 4.92. The number of aliphatic hydroxyl groups is 2. The number of carbonyl (C=O) groups excluding carboxylic acids is 2. The van der Waals surface area contributed by atoms with Gasteiger partial charge in [-0.2, -0.15) is 0 Å². The van der Waals surface area contributed by atoms with E-state index in [2.05, 4.69) is 10.6 Å². The van der Waals surface area contributed by atoms with Crippen molar-refractivity contribution in [2.24, 2.45) is 5.73 Å². The predicted octanol–water partition coefficient (Wildman–Crippen LogP) is -3.09. The van der Waals surface area contributed by atoms with E-state index in [0.717, 1.165) is 0 Å². The molecule has 1 rings (SSSR count). The van der Waals surface area contributed by atoms with Crippen LogP contribution in [0.1, 0.15) is 19.8 Å². The average Bonchev–Trinajstić information content (AvgIpc) is 2.38. The number of amides is 2. The van der Waals surface area contributed by atoms with Gasteiger partial charge in [-0.15, -0.1) is 0 Å². The van der Waals surface area contributed by atoms with Crippen molar-refractivity contribution >= 4 is 17.8 Å². The van der Waals surface area contributed by atoms with Gasteiger partial charge in [0.25, 0.3) is 5.91 Å². The lowest BCUT2D eigenvalue weighted by molar-refractivity contribution is -0.153. The Balaban J connectivity index is 2.46. The Morgan fingerprint density at radius 3 is 2.50 bits per heavy atom. The minimum absolute atomic E-state index is 0.000162. The number of rotatable bonds is 7. The molecule has 4 atom stereocenters. The van der Waals surface area contributed by atoms with Gasteiger partial charge < -0.3 is 31.7 Å². The first-order valence-electron chi connectivity index (χ1n) is 6.15. The van der Waals surface area contributed by atoms with Gasteiger partial charge in [0.15, 0.2) is 11.6 Å². The largest absolute Gasteiger partial charge is 0.480 e. The summed E-state index contributed by atoms with van der Waals surface area (Å²) in [6.07, 6.45) is -1.26. The summed E-state index contributed by atoms with van der Waals surface area (Å²) in [4.78, 5) is 33.6. The SMILES string of the molecule is CC(O)[C@H](NC(=O)C(N)CCC1(O)CNC1=O)C(=O)O. The van der Waals surface area contributed by atoms with Gasteiger partial charge in [0.2, 0.25) is 5.91 Å². The van der Waals surface area contributed by atoms with Crippen LogP contribution in [0.3, 0.4) is 0 Å². The smallest absolute Gasteiger partial charge is 0.328 e. The fourth-order valence-electron chi connectivity index (χ4n) is 1.74. The molecule has 1 saturated heterocycles. The highest BCUT2D eigenvalue weighted by atomic mass is 16.4. The van der Waals surface area contributed by atoms with Crippen molar-refractivity contribution in [1.29, 1.82) is 0 Å². The third-order valence-electron chi connectivity index (χ3n) is 3.22. The van der Waals surface area contributed by atoms with Gasteiger partial charge in [-0.1, -0.05) is 0 Å². The molecule has 1 heterocycles. The zero-order valence-corrected chi connectivity index (χ0v) is 11.0. The first-order chi connectivity index (χ1) is 9.17. The van der Waals surface area contributed by atoms with Crippen LogP contribution in [0.2, 0.25) is 0 Å². The maximum atomic E-state index is 11.7. The number of β-lactam (4-membered cyclic amide) rings is 1.